The Balaban J connectivity index is 2.16. The van der Waals surface area contributed by atoms with Crippen molar-refractivity contribution >= 4 is 35.2 Å². The Labute approximate surface area is 195 Å². The molecule has 0 saturated carbocycles. The second kappa shape index (κ2) is 11.6. The van der Waals surface area contributed by atoms with Gasteiger partial charge >= 0.3 is 0 Å². The van der Waals surface area contributed by atoms with Crippen LogP contribution in [0.25, 0.3) is 0 Å². The van der Waals surface area contributed by atoms with Crippen LogP contribution in [-0.4, -0.2) is 34.0 Å². The van der Waals surface area contributed by atoms with Crippen LogP contribution in [0.2, 0.25) is 5.02 Å². The number of nitrogens with zero attached hydrogens (tertiary/aromatic N) is 1. The fourth-order valence-corrected chi connectivity index (χ4v) is 4.25. The maximum Gasteiger partial charge on any atom is 0.243 e. The van der Waals surface area contributed by atoms with Crippen LogP contribution in [0.5, 0.6) is 0 Å². The van der Waals surface area contributed by atoms with Crippen LogP contribution in [0.4, 0.5) is 0 Å². The zero-order valence-electron chi connectivity index (χ0n) is 19.1. The van der Waals surface area contributed by atoms with Crippen LogP contribution in [0.15, 0.2) is 53.4 Å². The van der Waals surface area contributed by atoms with Gasteiger partial charge in [-0.3, -0.25) is 9.59 Å². The number of hydrogen-bond donors (Lipinski definition) is 1. The lowest BCUT2D eigenvalue weighted by Gasteiger charge is -2.33. The van der Waals surface area contributed by atoms with Crippen molar-refractivity contribution in [1.29, 1.82) is 0 Å². The highest BCUT2D eigenvalue weighted by Gasteiger charge is 2.30. The van der Waals surface area contributed by atoms with E-state index in [4.69, 9.17) is 11.6 Å². The van der Waals surface area contributed by atoms with Gasteiger partial charge in [0.1, 0.15) is 6.04 Å². The maximum atomic E-state index is 13.3. The van der Waals surface area contributed by atoms with Crippen molar-refractivity contribution in [2.24, 2.45) is 0 Å². The molecule has 0 spiro atoms. The van der Waals surface area contributed by atoms with E-state index >= 15 is 0 Å². The summed E-state index contributed by atoms with van der Waals surface area (Å²) in [4.78, 5) is 29.1. The van der Waals surface area contributed by atoms with Gasteiger partial charge in [-0.1, -0.05) is 54.4 Å². The average Bonchev–Trinajstić information content (AvgIpc) is 2.69. The molecule has 1 unspecified atom stereocenters. The zero-order valence-corrected chi connectivity index (χ0v) is 20.6. The van der Waals surface area contributed by atoms with Crippen molar-refractivity contribution in [1.82, 2.24) is 10.2 Å². The van der Waals surface area contributed by atoms with Crippen molar-refractivity contribution in [2.75, 3.05) is 5.75 Å². The molecule has 6 heteroatoms. The van der Waals surface area contributed by atoms with Crippen molar-refractivity contribution < 1.29 is 9.59 Å². The standard InChI is InChI=1S/C25H33ClN2O2S/c1-6-22(24(30)27-25(3,4)5)28(17-19-9-7-8-10-21(19)26)23(29)15-16-31-20-13-11-18(2)12-14-20/h7-14,22H,6,15-17H2,1-5H3,(H,27,30). The number of thioether (sulfide) groups is 1. The quantitative estimate of drug-likeness (QED) is 0.477. The van der Waals surface area contributed by atoms with Crippen molar-refractivity contribution in [3.63, 3.8) is 0 Å². The van der Waals surface area contributed by atoms with E-state index in [1.165, 1.54) is 5.56 Å². The molecular weight excluding hydrogens is 428 g/mol. The van der Waals surface area contributed by atoms with Gasteiger partial charge in [-0.2, -0.15) is 0 Å². The Morgan fingerprint density at radius 3 is 2.32 bits per heavy atom. The summed E-state index contributed by atoms with van der Waals surface area (Å²) in [5.41, 5.74) is 1.68. The van der Waals surface area contributed by atoms with E-state index in [0.29, 0.717) is 30.2 Å². The van der Waals surface area contributed by atoms with Gasteiger partial charge in [-0.25, -0.2) is 0 Å². The molecule has 2 aromatic carbocycles. The highest BCUT2D eigenvalue weighted by molar-refractivity contribution is 7.99. The number of amides is 2. The van der Waals surface area contributed by atoms with E-state index in [9.17, 15) is 9.59 Å². The normalized spacial score (nSPS) is 12.3. The SMILES string of the molecule is CCC(C(=O)NC(C)(C)C)N(Cc1ccccc1Cl)C(=O)CCSc1ccc(C)cc1. The van der Waals surface area contributed by atoms with Gasteiger partial charge in [0.15, 0.2) is 0 Å². The fourth-order valence-electron chi connectivity index (χ4n) is 3.22. The van der Waals surface area contributed by atoms with Crippen LogP contribution < -0.4 is 5.32 Å². The van der Waals surface area contributed by atoms with Crippen LogP contribution in [0.1, 0.15) is 51.7 Å². The number of benzene rings is 2. The number of aryl methyl sites for hydroxylation is 1. The molecule has 2 rings (SSSR count). The fraction of sp³-hybridized carbons (Fsp3) is 0.440. The van der Waals surface area contributed by atoms with Gasteiger partial charge in [0, 0.05) is 34.2 Å². The number of carbonyl (C=O) groups is 2. The Morgan fingerprint density at radius 1 is 1.10 bits per heavy atom. The largest absolute Gasteiger partial charge is 0.350 e. The van der Waals surface area contributed by atoms with Gasteiger partial charge in [0.25, 0.3) is 0 Å². The number of halogens is 1. The summed E-state index contributed by atoms with van der Waals surface area (Å²) in [5, 5.41) is 3.62. The summed E-state index contributed by atoms with van der Waals surface area (Å²) >= 11 is 8.01. The minimum absolute atomic E-state index is 0.0459. The first-order valence-electron chi connectivity index (χ1n) is 10.6. The predicted octanol–water partition coefficient (Wildman–Crippen LogP) is 5.85. The summed E-state index contributed by atoms with van der Waals surface area (Å²) in [6.07, 6.45) is 0.880. The molecule has 2 aromatic rings. The molecule has 0 aliphatic heterocycles. The van der Waals surface area contributed by atoms with Crippen molar-refractivity contribution in [3.8, 4) is 0 Å². The van der Waals surface area contributed by atoms with E-state index in [1.54, 1.807) is 16.7 Å². The molecular formula is C25H33ClN2O2S. The number of nitrogens with one attached hydrogen (secondary N) is 1. The maximum absolute atomic E-state index is 13.3. The average molecular weight is 461 g/mol. The Bertz CT molecular complexity index is 878. The third-order valence-electron chi connectivity index (χ3n) is 4.79. The molecule has 0 fully saturated rings. The van der Waals surface area contributed by atoms with Crippen LogP contribution in [0, 0.1) is 6.92 Å². The molecule has 0 bridgehead atoms. The zero-order chi connectivity index (χ0) is 23.0. The number of rotatable bonds is 9. The first kappa shape index (κ1) is 25.3. The van der Waals surface area contributed by atoms with Crippen LogP contribution in [0.3, 0.4) is 0 Å². The first-order chi connectivity index (χ1) is 14.6. The molecule has 1 N–H and O–H groups in total. The molecule has 168 valence electrons. The lowest BCUT2D eigenvalue weighted by atomic mass is 10.1. The highest BCUT2D eigenvalue weighted by atomic mass is 35.5. The van der Waals surface area contributed by atoms with E-state index in [2.05, 4.69) is 36.5 Å². The Hall–Kier alpha value is -1.98. The van der Waals surface area contributed by atoms with E-state index in [-0.39, 0.29) is 17.4 Å². The summed E-state index contributed by atoms with van der Waals surface area (Å²) in [6.45, 7) is 10.1. The molecule has 0 aliphatic carbocycles. The molecule has 2 amide bonds. The summed E-state index contributed by atoms with van der Waals surface area (Å²) < 4.78 is 0. The van der Waals surface area contributed by atoms with Gasteiger partial charge < -0.3 is 10.2 Å². The number of hydrogen-bond acceptors (Lipinski definition) is 3. The number of carbonyl (C=O) groups excluding carboxylic acids is 2. The van der Waals surface area contributed by atoms with Crippen molar-refractivity contribution in [2.45, 2.75) is 70.5 Å². The second-order valence-corrected chi connectivity index (χ2v) is 10.3. The smallest absolute Gasteiger partial charge is 0.243 e. The Morgan fingerprint density at radius 2 is 1.74 bits per heavy atom. The van der Waals surface area contributed by atoms with E-state index in [0.717, 1.165) is 10.5 Å². The minimum atomic E-state index is -0.549. The second-order valence-electron chi connectivity index (χ2n) is 8.69. The van der Waals surface area contributed by atoms with Gasteiger partial charge in [0.05, 0.1) is 0 Å². The predicted molar refractivity (Wildman–Crippen MR) is 130 cm³/mol. The molecule has 4 nitrogen and oxygen atoms in total. The molecule has 31 heavy (non-hydrogen) atoms. The first-order valence-corrected chi connectivity index (χ1v) is 12.0. The van der Waals surface area contributed by atoms with Crippen LogP contribution >= 0.6 is 23.4 Å². The monoisotopic (exact) mass is 460 g/mol. The van der Waals surface area contributed by atoms with Crippen LogP contribution in [-0.2, 0) is 16.1 Å². The summed E-state index contributed by atoms with van der Waals surface area (Å²) in [7, 11) is 0. The minimum Gasteiger partial charge on any atom is -0.350 e. The third-order valence-corrected chi connectivity index (χ3v) is 6.17. The molecule has 1 atom stereocenters. The molecule has 0 radical (unpaired) electrons. The summed E-state index contributed by atoms with van der Waals surface area (Å²) in [5.74, 6) is 0.468. The van der Waals surface area contributed by atoms with Crippen molar-refractivity contribution in [3.05, 3.63) is 64.7 Å². The molecule has 0 heterocycles. The Kier molecular flexibility index (Phi) is 9.45. The van der Waals surface area contributed by atoms with Gasteiger partial charge in [-0.05, 0) is 57.9 Å². The summed E-state index contributed by atoms with van der Waals surface area (Å²) in [6, 6.07) is 15.2. The lowest BCUT2D eigenvalue weighted by molar-refractivity contribution is -0.141. The van der Waals surface area contributed by atoms with E-state index in [1.807, 2.05) is 52.0 Å². The van der Waals surface area contributed by atoms with E-state index < -0.39 is 6.04 Å². The molecule has 0 aromatic heterocycles. The topological polar surface area (TPSA) is 49.4 Å². The lowest BCUT2D eigenvalue weighted by Crippen LogP contribution is -2.53. The molecule has 0 aliphatic rings. The van der Waals surface area contributed by atoms with Gasteiger partial charge in [-0.15, -0.1) is 11.8 Å². The van der Waals surface area contributed by atoms with Gasteiger partial charge in [0.2, 0.25) is 11.8 Å². The molecule has 0 saturated heterocycles. The highest BCUT2D eigenvalue weighted by Crippen LogP contribution is 2.23. The third kappa shape index (κ3) is 8.23.